The molecule has 0 aliphatic carbocycles. The van der Waals surface area contributed by atoms with Crippen LogP contribution >= 0.6 is 0 Å². The van der Waals surface area contributed by atoms with Crippen molar-refractivity contribution in [3.8, 4) is 0 Å². The molecule has 0 saturated carbocycles. The van der Waals surface area contributed by atoms with Crippen molar-refractivity contribution in [3.63, 3.8) is 0 Å². The van der Waals surface area contributed by atoms with Crippen molar-refractivity contribution in [1.29, 1.82) is 0 Å². The summed E-state index contributed by atoms with van der Waals surface area (Å²) in [6.07, 6.45) is 4.16. The second-order valence-corrected chi connectivity index (χ2v) is 6.47. The molecule has 0 amide bonds. The van der Waals surface area contributed by atoms with Crippen molar-refractivity contribution in [2.45, 2.75) is 38.3 Å². The average Bonchev–Trinajstić information content (AvgIpc) is 2.47. The zero-order chi connectivity index (χ0) is 13.9. The maximum Gasteiger partial charge on any atom is 0.0424 e. The molecule has 2 aliphatic rings. The molecule has 0 bridgehead atoms. The van der Waals surface area contributed by atoms with Crippen LogP contribution in [0.3, 0.4) is 0 Å². The van der Waals surface area contributed by atoms with Crippen LogP contribution in [0.5, 0.6) is 0 Å². The Morgan fingerprint density at radius 2 is 2.15 bits per heavy atom. The lowest BCUT2D eigenvalue weighted by Crippen LogP contribution is -2.55. The van der Waals surface area contributed by atoms with Gasteiger partial charge in [0.05, 0.1) is 0 Å². The van der Waals surface area contributed by atoms with E-state index in [2.05, 4.69) is 41.0 Å². The summed E-state index contributed by atoms with van der Waals surface area (Å²) < 4.78 is 0. The van der Waals surface area contributed by atoms with Crippen molar-refractivity contribution < 1.29 is 0 Å². The molecular formula is C17H27N3. The molecule has 20 heavy (non-hydrogen) atoms. The first-order chi connectivity index (χ1) is 9.72. The number of rotatable bonds is 3. The SMILES string of the molecule is Cc1cccc(C(N)CN2CCN3CCCCC3C2)c1. The molecule has 2 atom stereocenters. The highest BCUT2D eigenvalue weighted by molar-refractivity contribution is 5.25. The topological polar surface area (TPSA) is 32.5 Å². The maximum absolute atomic E-state index is 6.41. The minimum absolute atomic E-state index is 0.144. The molecule has 2 fully saturated rings. The van der Waals surface area contributed by atoms with E-state index in [1.807, 2.05) is 0 Å². The predicted molar refractivity (Wildman–Crippen MR) is 83.8 cm³/mol. The monoisotopic (exact) mass is 273 g/mol. The smallest absolute Gasteiger partial charge is 0.0424 e. The van der Waals surface area contributed by atoms with E-state index in [9.17, 15) is 0 Å². The summed E-state index contributed by atoms with van der Waals surface area (Å²) in [5.74, 6) is 0. The fourth-order valence-electron chi connectivity index (χ4n) is 3.67. The van der Waals surface area contributed by atoms with Crippen molar-refractivity contribution >= 4 is 0 Å². The summed E-state index contributed by atoms with van der Waals surface area (Å²) >= 11 is 0. The first kappa shape index (κ1) is 14.1. The van der Waals surface area contributed by atoms with Gasteiger partial charge in [-0.1, -0.05) is 36.2 Å². The maximum atomic E-state index is 6.41. The van der Waals surface area contributed by atoms with Crippen molar-refractivity contribution in [3.05, 3.63) is 35.4 Å². The van der Waals surface area contributed by atoms with Crippen LogP contribution in [0.15, 0.2) is 24.3 Å². The molecule has 110 valence electrons. The Bertz CT molecular complexity index is 446. The number of hydrogen-bond donors (Lipinski definition) is 1. The first-order valence-corrected chi connectivity index (χ1v) is 8.01. The summed E-state index contributed by atoms with van der Waals surface area (Å²) in [5, 5.41) is 0. The zero-order valence-electron chi connectivity index (χ0n) is 12.6. The standard InChI is InChI=1S/C17H27N3/c1-14-5-4-6-15(11-14)17(18)13-19-9-10-20-8-3-2-7-16(20)12-19/h4-6,11,16-17H,2-3,7-10,12-13,18H2,1H3. The van der Waals surface area contributed by atoms with E-state index in [1.54, 1.807) is 0 Å². The van der Waals surface area contributed by atoms with Crippen LogP contribution in [0.2, 0.25) is 0 Å². The van der Waals surface area contributed by atoms with Gasteiger partial charge in [-0.3, -0.25) is 9.80 Å². The van der Waals surface area contributed by atoms with Gasteiger partial charge in [0.2, 0.25) is 0 Å². The van der Waals surface area contributed by atoms with Gasteiger partial charge in [0, 0.05) is 38.3 Å². The van der Waals surface area contributed by atoms with Crippen LogP contribution < -0.4 is 5.73 Å². The van der Waals surface area contributed by atoms with E-state index in [1.165, 1.54) is 56.6 Å². The molecule has 2 N–H and O–H groups in total. The second kappa shape index (κ2) is 6.25. The van der Waals surface area contributed by atoms with E-state index in [0.29, 0.717) is 0 Å². The summed E-state index contributed by atoms with van der Waals surface area (Å²) in [6.45, 7) is 8.05. The van der Waals surface area contributed by atoms with Crippen molar-refractivity contribution in [2.75, 3.05) is 32.7 Å². The fourth-order valence-corrected chi connectivity index (χ4v) is 3.67. The minimum Gasteiger partial charge on any atom is -0.323 e. The van der Waals surface area contributed by atoms with Gasteiger partial charge in [0.15, 0.2) is 0 Å². The number of fused-ring (bicyclic) bond motifs is 1. The van der Waals surface area contributed by atoms with Crippen LogP contribution in [0.4, 0.5) is 0 Å². The largest absolute Gasteiger partial charge is 0.323 e. The van der Waals surface area contributed by atoms with E-state index >= 15 is 0 Å². The molecule has 2 saturated heterocycles. The Hall–Kier alpha value is -0.900. The third-order valence-electron chi connectivity index (χ3n) is 4.85. The lowest BCUT2D eigenvalue weighted by molar-refractivity contribution is 0.0466. The lowest BCUT2D eigenvalue weighted by Gasteiger charge is -2.44. The van der Waals surface area contributed by atoms with E-state index in [-0.39, 0.29) is 6.04 Å². The highest BCUT2D eigenvalue weighted by Gasteiger charge is 2.29. The van der Waals surface area contributed by atoms with Gasteiger partial charge < -0.3 is 5.73 Å². The summed E-state index contributed by atoms with van der Waals surface area (Å²) in [7, 11) is 0. The van der Waals surface area contributed by atoms with Crippen molar-refractivity contribution in [1.82, 2.24) is 9.80 Å². The van der Waals surface area contributed by atoms with Crippen LogP contribution in [0.1, 0.15) is 36.4 Å². The zero-order valence-corrected chi connectivity index (χ0v) is 12.6. The Kier molecular flexibility index (Phi) is 4.39. The number of piperidine rings is 1. The average molecular weight is 273 g/mol. The number of benzene rings is 1. The van der Waals surface area contributed by atoms with E-state index in [4.69, 9.17) is 5.73 Å². The normalized spacial score (nSPS) is 26.2. The van der Waals surface area contributed by atoms with Gasteiger partial charge in [0.1, 0.15) is 0 Å². The molecule has 0 radical (unpaired) electrons. The second-order valence-electron chi connectivity index (χ2n) is 6.47. The van der Waals surface area contributed by atoms with Gasteiger partial charge in [-0.25, -0.2) is 0 Å². The van der Waals surface area contributed by atoms with E-state index < -0.39 is 0 Å². The molecule has 3 nitrogen and oxygen atoms in total. The quantitative estimate of drug-likeness (QED) is 0.916. The summed E-state index contributed by atoms with van der Waals surface area (Å²) in [6, 6.07) is 9.56. The Morgan fingerprint density at radius 3 is 3.00 bits per heavy atom. The summed E-state index contributed by atoms with van der Waals surface area (Å²) in [4.78, 5) is 5.25. The minimum atomic E-state index is 0.144. The Morgan fingerprint density at radius 1 is 1.25 bits per heavy atom. The Balaban J connectivity index is 1.58. The number of nitrogens with zero attached hydrogens (tertiary/aromatic N) is 2. The predicted octanol–water partition coefficient (Wildman–Crippen LogP) is 2.16. The van der Waals surface area contributed by atoms with Gasteiger partial charge in [-0.2, -0.15) is 0 Å². The van der Waals surface area contributed by atoms with Gasteiger partial charge >= 0.3 is 0 Å². The van der Waals surface area contributed by atoms with Crippen LogP contribution in [0.25, 0.3) is 0 Å². The number of piperazine rings is 1. The van der Waals surface area contributed by atoms with Gasteiger partial charge in [0.25, 0.3) is 0 Å². The molecule has 2 aliphatic heterocycles. The molecule has 2 heterocycles. The molecular weight excluding hydrogens is 246 g/mol. The fraction of sp³-hybridized carbons (Fsp3) is 0.647. The lowest BCUT2D eigenvalue weighted by atomic mass is 9.98. The van der Waals surface area contributed by atoms with Gasteiger partial charge in [-0.15, -0.1) is 0 Å². The van der Waals surface area contributed by atoms with Crippen LogP contribution in [0, 0.1) is 6.92 Å². The van der Waals surface area contributed by atoms with Crippen molar-refractivity contribution in [2.24, 2.45) is 5.73 Å². The highest BCUT2D eigenvalue weighted by Crippen LogP contribution is 2.22. The highest BCUT2D eigenvalue weighted by atomic mass is 15.3. The first-order valence-electron chi connectivity index (χ1n) is 8.01. The molecule has 1 aromatic carbocycles. The number of nitrogens with two attached hydrogens (primary N) is 1. The number of hydrogen-bond acceptors (Lipinski definition) is 3. The molecule has 2 unspecified atom stereocenters. The van der Waals surface area contributed by atoms with Crippen LogP contribution in [-0.2, 0) is 0 Å². The molecule has 3 heteroatoms. The number of aryl methyl sites for hydroxylation is 1. The molecule has 3 rings (SSSR count). The molecule has 0 spiro atoms. The molecule has 0 aromatic heterocycles. The van der Waals surface area contributed by atoms with E-state index in [0.717, 1.165) is 12.6 Å². The third-order valence-corrected chi connectivity index (χ3v) is 4.85. The van der Waals surface area contributed by atoms with Gasteiger partial charge in [-0.05, 0) is 31.9 Å². The molecule has 1 aromatic rings. The Labute approximate surface area is 122 Å². The third kappa shape index (κ3) is 3.22. The van der Waals surface area contributed by atoms with Crippen LogP contribution in [-0.4, -0.2) is 48.6 Å². The summed E-state index contributed by atoms with van der Waals surface area (Å²) in [5.41, 5.74) is 8.98.